The van der Waals surface area contributed by atoms with E-state index >= 15 is 0 Å². The van der Waals surface area contributed by atoms with Crippen molar-refractivity contribution in [3.05, 3.63) is 42.0 Å². The SMILES string of the molecule is CN1CCN(C(=O)c2nc[nH]c2C(=O)O)c2ccccc21. The zero-order valence-electron chi connectivity index (χ0n) is 11.4. The molecule has 7 nitrogen and oxygen atoms in total. The molecule has 2 N–H and O–H groups in total. The predicted octanol–water partition coefficient (Wildman–Crippen LogP) is 1.20. The molecule has 1 aromatic carbocycles. The van der Waals surface area contributed by atoms with Crippen LogP contribution >= 0.6 is 0 Å². The lowest BCUT2D eigenvalue weighted by Gasteiger charge is -2.35. The highest BCUT2D eigenvalue weighted by molar-refractivity contribution is 6.11. The maximum Gasteiger partial charge on any atom is 0.354 e. The van der Waals surface area contributed by atoms with Crippen molar-refractivity contribution >= 4 is 23.3 Å². The smallest absolute Gasteiger partial charge is 0.354 e. The molecule has 0 saturated carbocycles. The number of amides is 1. The lowest BCUT2D eigenvalue weighted by Crippen LogP contribution is -2.43. The lowest BCUT2D eigenvalue weighted by molar-refractivity contribution is 0.0686. The number of para-hydroxylation sites is 2. The second-order valence-electron chi connectivity index (χ2n) is 4.80. The Morgan fingerprint density at radius 2 is 1.95 bits per heavy atom. The Kier molecular flexibility index (Phi) is 3.09. The number of carbonyl (C=O) groups excluding carboxylic acids is 1. The molecule has 1 amide bonds. The second-order valence-corrected chi connectivity index (χ2v) is 4.80. The molecule has 0 aliphatic carbocycles. The number of fused-ring (bicyclic) bond motifs is 1. The average Bonchev–Trinajstić information content (AvgIpc) is 2.97. The number of aromatic amines is 1. The number of hydrogen-bond acceptors (Lipinski definition) is 4. The predicted molar refractivity (Wildman–Crippen MR) is 76.9 cm³/mol. The largest absolute Gasteiger partial charge is 0.477 e. The number of imidazole rings is 1. The summed E-state index contributed by atoms with van der Waals surface area (Å²) < 4.78 is 0. The highest BCUT2D eigenvalue weighted by atomic mass is 16.4. The summed E-state index contributed by atoms with van der Waals surface area (Å²) in [5, 5.41) is 9.09. The van der Waals surface area contributed by atoms with E-state index in [1.165, 1.54) is 6.33 Å². The monoisotopic (exact) mass is 286 g/mol. The van der Waals surface area contributed by atoms with Gasteiger partial charge in [0.15, 0.2) is 11.4 Å². The molecule has 1 aliphatic heterocycles. The van der Waals surface area contributed by atoms with Crippen LogP contribution in [-0.4, -0.2) is 47.1 Å². The average molecular weight is 286 g/mol. The Hall–Kier alpha value is -2.83. The van der Waals surface area contributed by atoms with Gasteiger partial charge in [0.25, 0.3) is 5.91 Å². The van der Waals surface area contributed by atoms with Gasteiger partial charge >= 0.3 is 5.97 Å². The highest BCUT2D eigenvalue weighted by Crippen LogP contribution is 2.32. The van der Waals surface area contributed by atoms with Crippen LogP contribution in [0.3, 0.4) is 0 Å². The van der Waals surface area contributed by atoms with Crippen molar-refractivity contribution < 1.29 is 14.7 Å². The number of aromatic nitrogens is 2. The maximum absolute atomic E-state index is 12.6. The van der Waals surface area contributed by atoms with Crippen LogP contribution in [0, 0.1) is 0 Å². The number of nitrogens with one attached hydrogen (secondary N) is 1. The first-order chi connectivity index (χ1) is 10.1. The number of carboxylic acid groups (broad SMARTS) is 1. The number of H-pyrrole nitrogens is 1. The third-order valence-corrected chi connectivity index (χ3v) is 3.54. The molecule has 7 heteroatoms. The van der Waals surface area contributed by atoms with Crippen LogP contribution < -0.4 is 9.80 Å². The van der Waals surface area contributed by atoms with Crippen molar-refractivity contribution in [1.82, 2.24) is 9.97 Å². The molecule has 3 rings (SSSR count). The van der Waals surface area contributed by atoms with Gasteiger partial charge in [0.05, 0.1) is 17.7 Å². The number of benzene rings is 1. The highest BCUT2D eigenvalue weighted by Gasteiger charge is 2.29. The summed E-state index contributed by atoms with van der Waals surface area (Å²) in [6.45, 7) is 1.16. The van der Waals surface area contributed by atoms with Crippen molar-refractivity contribution in [2.45, 2.75) is 0 Å². The Bertz CT molecular complexity index is 710. The summed E-state index contributed by atoms with van der Waals surface area (Å²) in [7, 11) is 1.96. The zero-order valence-corrected chi connectivity index (χ0v) is 11.4. The fourth-order valence-electron chi connectivity index (χ4n) is 2.46. The van der Waals surface area contributed by atoms with E-state index in [1.54, 1.807) is 4.90 Å². The van der Waals surface area contributed by atoms with Crippen LogP contribution in [0.5, 0.6) is 0 Å². The number of carbonyl (C=O) groups is 2. The molecule has 0 unspecified atom stereocenters. The second kappa shape index (κ2) is 4.93. The summed E-state index contributed by atoms with van der Waals surface area (Å²) in [6, 6.07) is 7.52. The van der Waals surface area contributed by atoms with E-state index in [-0.39, 0.29) is 11.4 Å². The minimum atomic E-state index is -1.20. The van der Waals surface area contributed by atoms with Crippen LogP contribution in [0.4, 0.5) is 11.4 Å². The Labute approximate surface area is 120 Å². The summed E-state index contributed by atoms with van der Waals surface area (Å²) >= 11 is 0. The van der Waals surface area contributed by atoms with Gasteiger partial charge in [-0.05, 0) is 12.1 Å². The molecule has 2 aromatic rings. The van der Waals surface area contributed by atoms with E-state index in [9.17, 15) is 9.59 Å². The first-order valence-corrected chi connectivity index (χ1v) is 6.48. The van der Waals surface area contributed by atoms with Gasteiger partial charge in [0.2, 0.25) is 0 Å². The minimum absolute atomic E-state index is 0.0677. The van der Waals surface area contributed by atoms with Crippen LogP contribution in [0.25, 0.3) is 0 Å². The first-order valence-electron chi connectivity index (χ1n) is 6.48. The van der Waals surface area contributed by atoms with Crippen molar-refractivity contribution in [2.75, 3.05) is 29.9 Å². The standard InChI is InChI=1S/C14H14N4O3/c1-17-6-7-18(10-5-3-2-4-9(10)17)13(19)11-12(14(20)21)16-8-15-11/h2-5,8H,6-7H2,1H3,(H,15,16)(H,20,21). The molecule has 0 spiro atoms. The molecule has 108 valence electrons. The van der Waals surface area contributed by atoms with Gasteiger partial charge in [0.1, 0.15) is 0 Å². The first kappa shape index (κ1) is 13.2. The van der Waals surface area contributed by atoms with E-state index in [2.05, 4.69) is 14.9 Å². The van der Waals surface area contributed by atoms with Gasteiger partial charge in [-0.3, -0.25) is 4.79 Å². The lowest BCUT2D eigenvalue weighted by atomic mass is 10.1. The van der Waals surface area contributed by atoms with E-state index in [0.717, 1.165) is 11.4 Å². The van der Waals surface area contributed by atoms with Crippen LogP contribution in [-0.2, 0) is 0 Å². The van der Waals surface area contributed by atoms with Gasteiger partial charge in [0, 0.05) is 20.1 Å². The number of nitrogens with zero attached hydrogens (tertiary/aromatic N) is 3. The topological polar surface area (TPSA) is 89.5 Å². The van der Waals surface area contributed by atoms with Crippen molar-refractivity contribution in [2.24, 2.45) is 0 Å². The van der Waals surface area contributed by atoms with E-state index in [1.807, 2.05) is 31.3 Å². The Morgan fingerprint density at radius 1 is 1.24 bits per heavy atom. The Balaban J connectivity index is 2.01. The molecule has 1 aromatic heterocycles. The van der Waals surface area contributed by atoms with Crippen LogP contribution in [0.15, 0.2) is 30.6 Å². The van der Waals surface area contributed by atoms with Crippen LogP contribution in [0.2, 0.25) is 0 Å². The van der Waals surface area contributed by atoms with Crippen molar-refractivity contribution in [1.29, 1.82) is 0 Å². The van der Waals surface area contributed by atoms with Gasteiger partial charge in [-0.15, -0.1) is 0 Å². The fraction of sp³-hybridized carbons (Fsp3) is 0.214. The molecule has 0 radical (unpaired) electrons. The summed E-state index contributed by atoms with van der Waals surface area (Å²) in [5.41, 5.74) is 1.44. The zero-order chi connectivity index (χ0) is 15.0. The summed E-state index contributed by atoms with van der Waals surface area (Å²) in [6.07, 6.45) is 1.22. The van der Waals surface area contributed by atoms with Gasteiger partial charge in [-0.1, -0.05) is 12.1 Å². The molecular formula is C14H14N4O3. The molecule has 2 heterocycles. The minimum Gasteiger partial charge on any atom is -0.477 e. The van der Waals surface area contributed by atoms with Gasteiger partial charge in [-0.25, -0.2) is 9.78 Å². The summed E-state index contributed by atoms with van der Waals surface area (Å²) in [4.78, 5) is 33.7. The van der Waals surface area contributed by atoms with E-state index in [0.29, 0.717) is 13.1 Å². The number of rotatable bonds is 2. The van der Waals surface area contributed by atoms with Gasteiger partial charge in [-0.2, -0.15) is 0 Å². The number of aromatic carboxylic acids is 1. The quantitative estimate of drug-likeness (QED) is 0.866. The maximum atomic E-state index is 12.6. The van der Waals surface area contributed by atoms with Crippen molar-refractivity contribution in [3.63, 3.8) is 0 Å². The number of carboxylic acids is 1. The summed E-state index contributed by atoms with van der Waals surface area (Å²) in [5.74, 6) is -1.60. The molecule has 21 heavy (non-hydrogen) atoms. The molecule has 0 fully saturated rings. The molecule has 0 bridgehead atoms. The molecule has 0 saturated heterocycles. The van der Waals surface area contributed by atoms with Crippen molar-refractivity contribution in [3.8, 4) is 0 Å². The normalized spacial score (nSPS) is 14.0. The molecule has 0 atom stereocenters. The van der Waals surface area contributed by atoms with Gasteiger partial charge < -0.3 is 19.9 Å². The third-order valence-electron chi connectivity index (χ3n) is 3.54. The number of likely N-dealkylation sites (N-methyl/N-ethyl adjacent to an activating group) is 1. The van der Waals surface area contributed by atoms with E-state index in [4.69, 9.17) is 5.11 Å². The Morgan fingerprint density at radius 3 is 2.67 bits per heavy atom. The number of anilines is 2. The van der Waals surface area contributed by atoms with Crippen LogP contribution in [0.1, 0.15) is 21.0 Å². The third kappa shape index (κ3) is 2.12. The van der Waals surface area contributed by atoms with E-state index < -0.39 is 11.9 Å². The number of hydrogen-bond donors (Lipinski definition) is 2. The molecule has 1 aliphatic rings. The molecular weight excluding hydrogens is 272 g/mol. The fourth-order valence-corrected chi connectivity index (χ4v) is 2.46.